The molecule has 2 heterocycles. The first-order valence-corrected chi connectivity index (χ1v) is 7.72. The number of hydrogen-bond donors (Lipinski definition) is 2. The number of nitrogens with one attached hydrogen (secondary N) is 1. The second-order valence-electron chi connectivity index (χ2n) is 5.65. The maximum Gasteiger partial charge on any atom is 0.407 e. The van der Waals surface area contributed by atoms with Gasteiger partial charge in [0, 0.05) is 37.2 Å². The van der Waals surface area contributed by atoms with Crippen molar-refractivity contribution >= 4 is 12.0 Å². The highest BCUT2D eigenvalue weighted by atomic mass is 16.4. The molecule has 2 amide bonds. The summed E-state index contributed by atoms with van der Waals surface area (Å²) in [5, 5.41) is 19.7. The van der Waals surface area contributed by atoms with Gasteiger partial charge < -0.3 is 19.7 Å². The summed E-state index contributed by atoms with van der Waals surface area (Å²) in [6.07, 6.45) is 0.448. The van der Waals surface area contributed by atoms with Crippen LogP contribution in [0.1, 0.15) is 35.0 Å². The maximum atomic E-state index is 11.5. The Kier molecular flexibility index (Phi) is 4.45. The number of amides is 2. The number of nitrogens with zero attached hydrogens (tertiary/aromatic N) is 3. The van der Waals surface area contributed by atoms with E-state index < -0.39 is 6.09 Å². The van der Waals surface area contributed by atoms with Crippen molar-refractivity contribution in [3.63, 3.8) is 0 Å². The minimum atomic E-state index is -0.893. The zero-order valence-corrected chi connectivity index (χ0v) is 13.2. The minimum Gasteiger partial charge on any atom is -0.465 e. The number of benzene rings is 1. The molecule has 24 heavy (non-hydrogen) atoms. The molecule has 8 nitrogen and oxygen atoms in total. The smallest absolute Gasteiger partial charge is 0.407 e. The highest BCUT2D eigenvalue weighted by molar-refractivity contribution is 5.94. The Morgan fingerprint density at radius 2 is 1.88 bits per heavy atom. The van der Waals surface area contributed by atoms with Crippen molar-refractivity contribution in [2.75, 3.05) is 20.1 Å². The SMILES string of the molecule is CNC(=O)c1ccc(-c2nnc(C3CCN(C(=O)O)CC3)o2)cc1. The van der Waals surface area contributed by atoms with Gasteiger partial charge in [0.1, 0.15) is 0 Å². The van der Waals surface area contributed by atoms with Crippen LogP contribution in [0.5, 0.6) is 0 Å². The molecule has 3 rings (SSSR count). The van der Waals surface area contributed by atoms with Crippen LogP contribution in [0.2, 0.25) is 0 Å². The van der Waals surface area contributed by atoms with E-state index in [9.17, 15) is 9.59 Å². The van der Waals surface area contributed by atoms with Crippen LogP contribution in [0, 0.1) is 0 Å². The van der Waals surface area contributed by atoms with Crippen LogP contribution < -0.4 is 5.32 Å². The lowest BCUT2D eigenvalue weighted by molar-refractivity contribution is 0.0963. The van der Waals surface area contributed by atoms with Gasteiger partial charge in [0.2, 0.25) is 11.8 Å². The van der Waals surface area contributed by atoms with Crippen LogP contribution in [0.15, 0.2) is 28.7 Å². The molecule has 0 saturated carbocycles. The highest BCUT2D eigenvalue weighted by Gasteiger charge is 2.27. The topological polar surface area (TPSA) is 109 Å². The zero-order chi connectivity index (χ0) is 17.1. The van der Waals surface area contributed by atoms with Gasteiger partial charge in [0.05, 0.1) is 0 Å². The van der Waals surface area contributed by atoms with Crippen molar-refractivity contribution in [3.05, 3.63) is 35.7 Å². The van der Waals surface area contributed by atoms with E-state index in [0.29, 0.717) is 43.3 Å². The van der Waals surface area contributed by atoms with Crippen molar-refractivity contribution in [3.8, 4) is 11.5 Å². The van der Waals surface area contributed by atoms with E-state index in [4.69, 9.17) is 9.52 Å². The fraction of sp³-hybridized carbons (Fsp3) is 0.375. The van der Waals surface area contributed by atoms with Gasteiger partial charge in [0.25, 0.3) is 5.91 Å². The Morgan fingerprint density at radius 1 is 1.21 bits per heavy atom. The third-order valence-electron chi connectivity index (χ3n) is 4.18. The summed E-state index contributed by atoms with van der Waals surface area (Å²) in [6, 6.07) is 6.91. The van der Waals surface area contributed by atoms with Gasteiger partial charge in [-0.3, -0.25) is 4.79 Å². The van der Waals surface area contributed by atoms with Gasteiger partial charge in [-0.15, -0.1) is 10.2 Å². The fourth-order valence-corrected chi connectivity index (χ4v) is 2.74. The predicted molar refractivity (Wildman–Crippen MR) is 84.7 cm³/mol. The molecule has 0 bridgehead atoms. The number of carboxylic acid groups (broad SMARTS) is 1. The molecule has 1 aromatic heterocycles. The molecular formula is C16H18N4O4. The first kappa shape index (κ1) is 16.0. The van der Waals surface area contributed by atoms with Crippen LogP contribution in [-0.4, -0.2) is 52.3 Å². The zero-order valence-electron chi connectivity index (χ0n) is 13.2. The highest BCUT2D eigenvalue weighted by Crippen LogP contribution is 2.29. The Bertz CT molecular complexity index is 733. The van der Waals surface area contributed by atoms with Gasteiger partial charge in [-0.25, -0.2) is 4.79 Å². The molecule has 2 aromatic rings. The van der Waals surface area contributed by atoms with Crippen LogP contribution >= 0.6 is 0 Å². The molecule has 0 unspecified atom stereocenters. The van der Waals surface area contributed by atoms with E-state index in [2.05, 4.69) is 15.5 Å². The average molecular weight is 330 g/mol. The molecule has 0 aliphatic carbocycles. The largest absolute Gasteiger partial charge is 0.465 e. The Morgan fingerprint density at radius 3 is 2.46 bits per heavy atom. The monoisotopic (exact) mass is 330 g/mol. The summed E-state index contributed by atoms with van der Waals surface area (Å²) in [7, 11) is 1.58. The van der Waals surface area contributed by atoms with Crippen LogP contribution in [0.3, 0.4) is 0 Å². The first-order chi connectivity index (χ1) is 11.6. The standard InChI is InChI=1S/C16H18N4O4/c1-17-13(21)10-2-4-11(5-3-10)14-18-19-15(24-14)12-6-8-20(9-7-12)16(22)23/h2-5,12H,6-9H2,1H3,(H,17,21)(H,22,23). The molecule has 0 spiro atoms. The number of hydrogen-bond acceptors (Lipinski definition) is 5. The van der Waals surface area contributed by atoms with Crippen molar-refractivity contribution in [2.45, 2.75) is 18.8 Å². The van der Waals surface area contributed by atoms with Crippen molar-refractivity contribution in [2.24, 2.45) is 0 Å². The summed E-state index contributed by atoms with van der Waals surface area (Å²) in [5.41, 5.74) is 1.30. The van der Waals surface area contributed by atoms with Gasteiger partial charge in [0.15, 0.2) is 0 Å². The molecule has 2 N–H and O–H groups in total. The molecule has 1 saturated heterocycles. The number of carbonyl (C=O) groups excluding carboxylic acids is 1. The molecule has 126 valence electrons. The van der Waals surface area contributed by atoms with E-state index in [1.165, 1.54) is 4.90 Å². The second kappa shape index (κ2) is 6.69. The number of likely N-dealkylation sites (tertiary alicyclic amines) is 1. The predicted octanol–water partition coefficient (Wildman–Crippen LogP) is 1.95. The van der Waals surface area contributed by atoms with E-state index in [0.717, 1.165) is 5.56 Å². The lowest BCUT2D eigenvalue weighted by Gasteiger charge is -2.27. The van der Waals surface area contributed by atoms with E-state index in [1.807, 2.05) is 0 Å². The summed E-state index contributed by atoms with van der Waals surface area (Å²) in [5.74, 6) is 0.851. The van der Waals surface area contributed by atoms with E-state index in [-0.39, 0.29) is 11.8 Å². The van der Waals surface area contributed by atoms with E-state index >= 15 is 0 Å². The van der Waals surface area contributed by atoms with Gasteiger partial charge in [-0.1, -0.05) is 0 Å². The first-order valence-electron chi connectivity index (χ1n) is 7.72. The quantitative estimate of drug-likeness (QED) is 0.890. The fourth-order valence-electron chi connectivity index (χ4n) is 2.74. The number of aromatic nitrogens is 2. The van der Waals surface area contributed by atoms with Gasteiger partial charge >= 0.3 is 6.09 Å². The molecule has 0 atom stereocenters. The molecule has 8 heteroatoms. The molecule has 0 radical (unpaired) electrons. The normalized spacial score (nSPS) is 15.3. The summed E-state index contributed by atoms with van der Waals surface area (Å²) in [4.78, 5) is 23.9. The third-order valence-corrected chi connectivity index (χ3v) is 4.18. The number of rotatable bonds is 3. The third kappa shape index (κ3) is 3.22. The molecule has 1 aliphatic rings. The maximum absolute atomic E-state index is 11.5. The van der Waals surface area contributed by atoms with E-state index in [1.54, 1.807) is 31.3 Å². The average Bonchev–Trinajstić information content (AvgIpc) is 3.11. The Hall–Kier alpha value is -2.90. The number of carbonyl (C=O) groups is 2. The molecule has 1 fully saturated rings. The van der Waals surface area contributed by atoms with Crippen LogP contribution in [0.25, 0.3) is 11.5 Å². The molecular weight excluding hydrogens is 312 g/mol. The lowest BCUT2D eigenvalue weighted by Crippen LogP contribution is -2.36. The Balaban J connectivity index is 1.70. The summed E-state index contributed by atoms with van der Waals surface area (Å²) >= 11 is 0. The van der Waals surface area contributed by atoms with Crippen LogP contribution in [-0.2, 0) is 0 Å². The van der Waals surface area contributed by atoms with Crippen molar-refractivity contribution < 1.29 is 19.1 Å². The van der Waals surface area contributed by atoms with Crippen LogP contribution in [0.4, 0.5) is 4.79 Å². The van der Waals surface area contributed by atoms with Gasteiger partial charge in [-0.2, -0.15) is 0 Å². The summed E-state index contributed by atoms with van der Waals surface area (Å²) < 4.78 is 5.74. The second-order valence-corrected chi connectivity index (χ2v) is 5.65. The summed E-state index contributed by atoms with van der Waals surface area (Å²) in [6.45, 7) is 0.942. The number of piperidine rings is 1. The lowest BCUT2D eigenvalue weighted by atomic mass is 9.97. The Labute approximate surface area is 138 Å². The minimum absolute atomic E-state index is 0.0759. The molecule has 1 aromatic carbocycles. The molecule has 1 aliphatic heterocycles. The van der Waals surface area contributed by atoms with Crippen molar-refractivity contribution in [1.29, 1.82) is 0 Å². The van der Waals surface area contributed by atoms with Gasteiger partial charge in [-0.05, 0) is 37.1 Å². The van der Waals surface area contributed by atoms with Crippen molar-refractivity contribution in [1.82, 2.24) is 20.4 Å².